The van der Waals surface area contributed by atoms with Crippen molar-refractivity contribution in [1.29, 1.82) is 0 Å². The minimum absolute atomic E-state index is 0.0518. The molecule has 0 spiro atoms. The van der Waals surface area contributed by atoms with Crippen molar-refractivity contribution in [3.8, 4) is 10.8 Å². The number of hydrogen-bond donors (Lipinski definition) is 1. The third kappa shape index (κ3) is 4.61. The van der Waals surface area contributed by atoms with E-state index in [2.05, 4.69) is 15.5 Å². The SMILES string of the molecule is Cc1ccc(S(=O)(=O)N(C)C)cc1NC(=O)CSc1nnc(-c2cccs2)o1. The number of aryl methyl sites for hydroxylation is 1. The fourth-order valence-corrected chi connectivity index (χ4v) is 4.32. The standard InChI is InChI=1S/C17H18N4O4S3/c1-11-6-7-12(28(23,24)21(2)3)9-13(11)18-15(22)10-27-17-20-19-16(25-17)14-5-4-8-26-14/h4-9H,10H2,1-3H3,(H,18,22). The van der Waals surface area contributed by atoms with E-state index in [4.69, 9.17) is 4.42 Å². The molecule has 2 heterocycles. The highest BCUT2D eigenvalue weighted by Crippen LogP contribution is 2.27. The van der Waals surface area contributed by atoms with Crippen molar-refractivity contribution in [2.24, 2.45) is 0 Å². The van der Waals surface area contributed by atoms with Crippen LogP contribution in [0.5, 0.6) is 0 Å². The second kappa shape index (κ2) is 8.43. The lowest BCUT2D eigenvalue weighted by Gasteiger charge is -2.14. The van der Waals surface area contributed by atoms with E-state index in [-0.39, 0.29) is 16.6 Å². The van der Waals surface area contributed by atoms with Crippen LogP contribution in [0.4, 0.5) is 5.69 Å². The van der Waals surface area contributed by atoms with E-state index < -0.39 is 10.0 Å². The number of anilines is 1. The zero-order valence-electron chi connectivity index (χ0n) is 15.4. The van der Waals surface area contributed by atoms with Gasteiger partial charge in [0.2, 0.25) is 15.9 Å². The van der Waals surface area contributed by atoms with Gasteiger partial charge < -0.3 is 9.73 Å². The van der Waals surface area contributed by atoms with Gasteiger partial charge >= 0.3 is 0 Å². The summed E-state index contributed by atoms with van der Waals surface area (Å²) in [5.74, 6) is 0.162. The van der Waals surface area contributed by atoms with Gasteiger partial charge in [0, 0.05) is 19.8 Å². The highest BCUT2D eigenvalue weighted by atomic mass is 32.2. The Balaban J connectivity index is 1.65. The van der Waals surface area contributed by atoms with Crippen LogP contribution in [0, 0.1) is 6.92 Å². The van der Waals surface area contributed by atoms with Crippen molar-refractivity contribution >= 4 is 44.7 Å². The summed E-state index contributed by atoms with van der Waals surface area (Å²) in [7, 11) is -0.667. The number of thiophene rings is 1. The van der Waals surface area contributed by atoms with Gasteiger partial charge in [0.15, 0.2) is 0 Å². The van der Waals surface area contributed by atoms with Gasteiger partial charge in [-0.15, -0.1) is 21.5 Å². The first-order valence-corrected chi connectivity index (χ1v) is 11.4. The van der Waals surface area contributed by atoms with Gasteiger partial charge in [-0.05, 0) is 36.1 Å². The maximum absolute atomic E-state index is 12.3. The molecule has 8 nitrogen and oxygen atoms in total. The molecule has 0 aliphatic carbocycles. The van der Waals surface area contributed by atoms with Gasteiger partial charge in [-0.2, -0.15) is 0 Å². The highest BCUT2D eigenvalue weighted by molar-refractivity contribution is 7.99. The topological polar surface area (TPSA) is 105 Å². The summed E-state index contributed by atoms with van der Waals surface area (Å²) in [5.41, 5.74) is 1.20. The molecular weight excluding hydrogens is 420 g/mol. The van der Waals surface area contributed by atoms with Crippen molar-refractivity contribution in [1.82, 2.24) is 14.5 Å². The van der Waals surface area contributed by atoms with E-state index in [0.29, 0.717) is 16.8 Å². The average Bonchev–Trinajstić information content (AvgIpc) is 3.33. The van der Waals surface area contributed by atoms with Gasteiger partial charge in [-0.3, -0.25) is 4.79 Å². The lowest BCUT2D eigenvalue weighted by Crippen LogP contribution is -2.22. The maximum Gasteiger partial charge on any atom is 0.277 e. The zero-order valence-corrected chi connectivity index (χ0v) is 17.8. The Bertz CT molecular complexity index is 1080. The Morgan fingerprint density at radius 3 is 2.75 bits per heavy atom. The molecule has 11 heteroatoms. The number of carbonyl (C=O) groups excluding carboxylic acids is 1. The van der Waals surface area contributed by atoms with Crippen LogP contribution in [0.2, 0.25) is 0 Å². The van der Waals surface area contributed by atoms with Crippen LogP contribution in [-0.4, -0.2) is 48.7 Å². The second-order valence-electron chi connectivity index (χ2n) is 5.95. The van der Waals surface area contributed by atoms with Crippen LogP contribution in [0.15, 0.2) is 50.2 Å². The normalized spacial score (nSPS) is 11.7. The summed E-state index contributed by atoms with van der Waals surface area (Å²) in [5, 5.41) is 12.8. The van der Waals surface area contributed by atoms with Crippen LogP contribution in [0.1, 0.15) is 5.56 Å². The third-order valence-electron chi connectivity index (χ3n) is 3.73. The fourth-order valence-electron chi connectivity index (χ4n) is 2.19. The maximum atomic E-state index is 12.3. The Kier molecular flexibility index (Phi) is 6.18. The number of nitrogens with one attached hydrogen (secondary N) is 1. The highest BCUT2D eigenvalue weighted by Gasteiger charge is 2.19. The Hall–Kier alpha value is -2.21. The van der Waals surface area contributed by atoms with Gasteiger partial charge in [-0.25, -0.2) is 12.7 Å². The molecule has 28 heavy (non-hydrogen) atoms. The molecule has 148 valence electrons. The van der Waals surface area contributed by atoms with E-state index >= 15 is 0 Å². The zero-order chi connectivity index (χ0) is 20.3. The number of benzene rings is 1. The number of amides is 1. The first kappa shape index (κ1) is 20.5. The first-order chi connectivity index (χ1) is 13.3. The average molecular weight is 439 g/mol. The van der Waals surface area contributed by atoms with Crippen LogP contribution in [-0.2, 0) is 14.8 Å². The van der Waals surface area contributed by atoms with Crippen LogP contribution < -0.4 is 5.32 Å². The van der Waals surface area contributed by atoms with Crippen LogP contribution >= 0.6 is 23.1 Å². The molecule has 0 saturated carbocycles. The number of rotatable bonds is 7. The third-order valence-corrected chi connectivity index (χ3v) is 7.21. The molecule has 0 unspecified atom stereocenters. The minimum Gasteiger partial charge on any atom is -0.410 e. The quantitative estimate of drug-likeness (QED) is 0.565. The van der Waals surface area contributed by atoms with E-state index in [0.717, 1.165) is 26.5 Å². The number of thioether (sulfide) groups is 1. The molecule has 1 amide bonds. The monoisotopic (exact) mass is 438 g/mol. The molecule has 3 aromatic rings. The van der Waals surface area contributed by atoms with Crippen molar-refractivity contribution in [2.75, 3.05) is 25.2 Å². The molecule has 0 saturated heterocycles. The molecule has 0 radical (unpaired) electrons. The number of sulfonamides is 1. The van der Waals surface area contributed by atoms with Gasteiger partial charge in [0.05, 0.1) is 15.5 Å². The molecule has 0 fully saturated rings. The van der Waals surface area contributed by atoms with Gasteiger partial charge in [0.1, 0.15) is 0 Å². The molecule has 1 aromatic carbocycles. The molecule has 2 aromatic heterocycles. The number of hydrogen-bond acceptors (Lipinski definition) is 8. The smallest absolute Gasteiger partial charge is 0.277 e. The summed E-state index contributed by atoms with van der Waals surface area (Å²) in [6.07, 6.45) is 0. The van der Waals surface area contributed by atoms with Crippen LogP contribution in [0.3, 0.4) is 0 Å². The number of aromatic nitrogens is 2. The molecule has 0 bridgehead atoms. The molecule has 0 aliphatic heterocycles. The largest absolute Gasteiger partial charge is 0.410 e. The van der Waals surface area contributed by atoms with E-state index in [1.165, 1.54) is 37.6 Å². The van der Waals surface area contributed by atoms with Gasteiger partial charge in [-0.1, -0.05) is 23.9 Å². The summed E-state index contributed by atoms with van der Waals surface area (Å²) >= 11 is 2.60. The predicted octanol–water partition coefficient (Wildman–Crippen LogP) is 3.09. The van der Waals surface area contributed by atoms with Crippen molar-refractivity contribution in [3.63, 3.8) is 0 Å². The molecule has 0 aliphatic rings. The molecule has 1 N–H and O–H groups in total. The lowest BCUT2D eigenvalue weighted by molar-refractivity contribution is -0.113. The molecular formula is C17H18N4O4S3. The lowest BCUT2D eigenvalue weighted by atomic mass is 10.2. The fraction of sp³-hybridized carbons (Fsp3) is 0.235. The second-order valence-corrected chi connectivity index (χ2v) is 9.98. The van der Waals surface area contributed by atoms with E-state index in [1.807, 2.05) is 17.5 Å². The predicted molar refractivity (Wildman–Crippen MR) is 109 cm³/mol. The number of nitrogens with zero attached hydrogens (tertiary/aromatic N) is 3. The Morgan fingerprint density at radius 2 is 2.07 bits per heavy atom. The van der Waals surface area contributed by atoms with E-state index in [9.17, 15) is 13.2 Å². The summed E-state index contributed by atoms with van der Waals surface area (Å²) < 4.78 is 31.2. The Morgan fingerprint density at radius 1 is 1.29 bits per heavy atom. The summed E-state index contributed by atoms with van der Waals surface area (Å²) in [4.78, 5) is 13.3. The number of carbonyl (C=O) groups is 1. The first-order valence-electron chi connectivity index (χ1n) is 8.10. The molecule has 0 atom stereocenters. The summed E-state index contributed by atoms with van der Waals surface area (Å²) in [6, 6.07) is 8.38. The van der Waals surface area contributed by atoms with Crippen LogP contribution in [0.25, 0.3) is 10.8 Å². The molecule has 3 rings (SSSR count). The van der Waals surface area contributed by atoms with E-state index in [1.54, 1.807) is 13.0 Å². The van der Waals surface area contributed by atoms with Crippen molar-refractivity contribution in [3.05, 3.63) is 41.3 Å². The van der Waals surface area contributed by atoms with Crippen molar-refractivity contribution < 1.29 is 17.6 Å². The van der Waals surface area contributed by atoms with Gasteiger partial charge in [0.25, 0.3) is 11.1 Å². The van der Waals surface area contributed by atoms with Crippen molar-refractivity contribution in [2.45, 2.75) is 17.0 Å². The Labute approximate surface area is 171 Å². The summed E-state index contributed by atoms with van der Waals surface area (Å²) in [6.45, 7) is 1.79. The minimum atomic E-state index is -3.58.